The summed E-state index contributed by atoms with van der Waals surface area (Å²) in [4.78, 5) is 11.3. The summed E-state index contributed by atoms with van der Waals surface area (Å²) in [6.45, 7) is 11.5. The number of aliphatic hydroxyl groups excluding tert-OH is 1. The number of nitrogens with zero attached hydrogens (tertiary/aromatic N) is 3. The third kappa shape index (κ3) is 3.65. The maximum Gasteiger partial charge on any atom is 0.137 e. The molecular formula is C15H24ClN3O2. The molecule has 6 heteroatoms. The number of ether oxygens (including phenoxy) is 1. The molecule has 1 aromatic rings. The smallest absolute Gasteiger partial charge is 0.137 e. The average Bonchev–Trinajstić information content (AvgIpc) is 2.39. The molecule has 0 radical (unpaired) electrons. The van der Waals surface area contributed by atoms with Gasteiger partial charge in [0.2, 0.25) is 0 Å². The van der Waals surface area contributed by atoms with Gasteiger partial charge in [-0.25, -0.2) is 9.97 Å². The Morgan fingerprint density at radius 1 is 1.33 bits per heavy atom. The first-order chi connectivity index (χ1) is 9.72. The number of anilines is 1. The van der Waals surface area contributed by atoms with Crippen LogP contribution >= 0.6 is 11.6 Å². The van der Waals surface area contributed by atoms with Crippen molar-refractivity contribution in [1.82, 2.24) is 9.97 Å². The normalized spacial score (nSPS) is 23.5. The largest absolute Gasteiger partial charge is 0.394 e. The predicted molar refractivity (Wildman–Crippen MR) is 84.1 cm³/mol. The molecule has 2 atom stereocenters. The number of morpholine rings is 1. The molecule has 1 aliphatic rings. The van der Waals surface area contributed by atoms with E-state index in [1.165, 1.54) is 0 Å². The van der Waals surface area contributed by atoms with Crippen LogP contribution in [0.15, 0.2) is 0 Å². The summed E-state index contributed by atoms with van der Waals surface area (Å²) >= 11 is 6.29. The van der Waals surface area contributed by atoms with Crippen molar-refractivity contribution in [2.75, 3.05) is 24.6 Å². The molecule has 118 valence electrons. The van der Waals surface area contributed by atoms with Crippen LogP contribution in [0.5, 0.6) is 0 Å². The quantitative estimate of drug-likeness (QED) is 0.849. The van der Waals surface area contributed by atoms with Gasteiger partial charge in [-0.2, -0.15) is 0 Å². The number of hydrogen-bond donors (Lipinski definition) is 1. The molecular weight excluding hydrogens is 290 g/mol. The Morgan fingerprint density at radius 3 is 2.57 bits per heavy atom. The third-order valence-electron chi connectivity index (χ3n) is 3.56. The van der Waals surface area contributed by atoms with Crippen molar-refractivity contribution >= 4 is 17.4 Å². The van der Waals surface area contributed by atoms with Gasteiger partial charge in [-0.15, -0.1) is 0 Å². The van der Waals surface area contributed by atoms with Gasteiger partial charge < -0.3 is 14.7 Å². The summed E-state index contributed by atoms with van der Waals surface area (Å²) in [6, 6.07) is 0. The molecule has 1 fully saturated rings. The predicted octanol–water partition coefficient (Wildman–Crippen LogP) is 2.32. The summed E-state index contributed by atoms with van der Waals surface area (Å²) in [6.07, 6.45) is -0.151. The van der Waals surface area contributed by atoms with Crippen molar-refractivity contribution in [3.63, 3.8) is 0 Å². The lowest BCUT2D eigenvalue weighted by Gasteiger charge is -2.37. The van der Waals surface area contributed by atoms with Crippen LogP contribution in [0.1, 0.15) is 39.1 Å². The van der Waals surface area contributed by atoms with E-state index in [0.717, 1.165) is 23.8 Å². The van der Waals surface area contributed by atoms with Crippen LogP contribution in [0.3, 0.4) is 0 Å². The second-order valence-corrected chi connectivity index (χ2v) is 7.05. The van der Waals surface area contributed by atoms with E-state index in [9.17, 15) is 5.11 Å². The Morgan fingerprint density at radius 2 is 2.00 bits per heavy atom. The van der Waals surface area contributed by atoms with E-state index in [4.69, 9.17) is 21.3 Å². The van der Waals surface area contributed by atoms with Crippen molar-refractivity contribution in [3.05, 3.63) is 16.5 Å². The molecule has 1 aromatic heterocycles. The van der Waals surface area contributed by atoms with E-state index < -0.39 is 0 Å². The van der Waals surface area contributed by atoms with Crippen LogP contribution in [-0.4, -0.2) is 47.0 Å². The van der Waals surface area contributed by atoms with Gasteiger partial charge in [0.1, 0.15) is 16.8 Å². The van der Waals surface area contributed by atoms with Crippen molar-refractivity contribution in [2.24, 2.45) is 0 Å². The van der Waals surface area contributed by atoms with Crippen LogP contribution in [-0.2, 0) is 10.2 Å². The first-order valence-corrected chi connectivity index (χ1v) is 7.66. The van der Waals surface area contributed by atoms with E-state index in [2.05, 4.69) is 30.7 Å². The molecule has 0 aromatic carbocycles. The molecule has 21 heavy (non-hydrogen) atoms. The van der Waals surface area contributed by atoms with Crippen LogP contribution in [0.2, 0.25) is 5.15 Å². The Labute approximate surface area is 131 Å². The fourth-order valence-electron chi connectivity index (χ4n) is 2.44. The fourth-order valence-corrected chi connectivity index (χ4v) is 2.61. The van der Waals surface area contributed by atoms with E-state index in [1.807, 2.05) is 13.8 Å². The molecule has 0 spiro atoms. The Hall–Kier alpha value is -0.910. The van der Waals surface area contributed by atoms with Crippen LogP contribution < -0.4 is 4.90 Å². The first-order valence-electron chi connectivity index (χ1n) is 7.28. The number of aromatic nitrogens is 2. The minimum Gasteiger partial charge on any atom is -0.394 e. The highest BCUT2D eigenvalue weighted by molar-refractivity contribution is 6.30. The molecule has 0 aliphatic carbocycles. The Balaban J connectivity index is 2.40. The minimum atomic E-state index is -0.194. The van der Waals surface area contributed by atoms with Gasteiger partial charge in [0.05, 0.1) is 18.8 Å². The van der Waals surface area contributed by atoms with Gasteiger partial charge in [0, 0.05) is 24.1 Å². The van der Waals surface area contributed by atoms with Crippen molar-refractivity contribution in [2.45, 2.75) is 52.2 Å². The van der Waals surface area contributed by atoms with Gasteiger partial charge in [-0.3, -0.25) is 0 Å². The monoisotopic (exact) mass is 313 g/mol. The SMILES string of the molecule is Cc1c(Cl)nc(C(C)(C)C)nc1N1CC(C)OC(CO)C1. The summed E-state index contributed by atoms with van der Waals surface area (Å²) in [7, 11) is 0. The van der Waals surface area contributed by atoms with Gasteiger partial charge in [0.25, 0.3) is 0 Å². The summed E-state index contributed by atoms with van der Waals surface area (Å²) < 4.78 is 5.69. The second kappa shape index (κ2) is 6.07. The lowest BCUT2D eigenvalue weighted by molar-refractivity contribution is -0.0423. The van der Waals surface area contributed by atoms with Crippen molar-refractivity contribution in [3.8, 4) is 0 Å². The van der Waals surface area contributed by atoms with E-state index >= 15 is 0 Å². The van der Waals surface area contributed by atoms with Gasteiger partial charge in [0.15, 0.2) is 0 Å². The van der Waals surface area contributed by atoms with Gasteiger partial charge in [-0.1, -0.05) is 32.4 Å². The number of hydrogen-bond acceptors (Lipinski definition) is 5. The van der Waals surface area contributed by atoms with Crippen molar-refractivity contribution < 1.29 is 9.84 Å². The molecule has 2 rings (SSSR count). The first kappa shape index (κ1) is 16.5. The molecule has 2 heterocycles. The maximum absolute atomic E-state index is 9.37. The lowest BCUT2D eigenvalue weighted by atomic mass is 9.95. The molecule has 5 nitrogen and oxygen atoms in total. The Bertz CT molecular complexity index is 516. The molecule has 0 saturated carbocycles. The summed E-state index contributed by atoms with van der Waals surface area (Å²) in [5, 5.41) is 9.86. The second-order valence-electron chi connectivity index (χ2n) is 6.69. The summed E-state index contributed by atoms with van der Waals surface area (Å²) in [5.74, 6) is 1.57. The molecule has 0 amide bonds. The minimum absolute atomic E-state index is 0.00479. The highest BCUT2D eigenvalue weighted by Crippen LogP contribution is 2.29. The van der Waals surface area contributed by atoms with E-state index in [0.29, 0.717) is 11.7 Å². The number of aliphatic hydroxyl groups is 1. The molecule has 0 bridgehead atoms. The van der Waals surface area contributed by atoms with E-state index in [-0.39, 0.29) is 24.2 Å². The number of rotatable bonds is 2. The third-order valence-corrected chi connectivity index (χ3v) is 3.93. The van der Waals surface area contributed by atoms with E-state index in [1.54, 1.807) is 0 Å². The standard InChI is InChI=1S/C15H24ClN3O2/c1-9-6-19(7-11(8-20)21-9)13-10(2)12(16)17-14(18-13)15(3,4)5/h9,11,20H,6-8H2,1-5H3. The van der Waals surface area contributed by atoms with Crippen LogP contribution in [0.4, 0.5) is 5.82 Å². The molecule has 2 unspecified atom stereocenters. The zero-order valence-electron chi connectivity index (χ0n) is 13.4. The molecule has 1 N–H and O–H groups in total. The van der Waals surface area contributed by atoms with Gasteiger partial charge in [-0.05, 0) is 13.8 Å². The average molecular weight is 314 g/mol. The topological polar surface area (TPSA) is 58.5 Å². The number of halogens is 1. The van der Waals surface area contributed by atoms with Crippen LogP contribution in [0.25, 0.3) is 0 Å². The maximum atomic E-state index is 9.37. The van der Waals surface area contributed by atoms with Crippen LogP contribution in [0, 0.1) is 6.92 Å². The lowest BCUT2D eigenvalue weighted by Crippen LogP contribution is -2.48. The summed E-state index contributed by atoms with van der Waals surface area (Å²) in [5.41, 5.74) is 0.704. The fraction of sp³-hybridized carbons (Fsp3) is 0.733. The zero-order valence-corrected chi connectivity index (χ0v) is 14.1. The highest BCUT2D eigenvalue weighted by Gasteiger charge is 2.29. The van der Waals surface area contributed by atoms with Gasteiger partial charge >= 0.3 is 0 Å². The molecule has 1 saturated heterocycles. The zero-order chi connectivity index (χ0) is 15.8. The molecule has 1 aliphatic heterocycles. The highest BCUT2D eigenvalue weighted by atomic mass is 35.5. The Kier molecular flexibility index (Phi) is 4.76. The van der Waals surface area contributed by atoms with Crippen molar-refractivity contribution in [1.29, 1.82) is 0 Å².